The highest BCUT2D eigenvalue weighted by Crippen LogP contribution is 2.23. The summed E-state index contributed by atoms with van der Waals surface area (Å²) in [6.07, 6.45) is -0.327. The second kappa shape index (κ2) is 6.38. The minimum atomic E-state index is -0.663. The van der Waals surface area contributed by atoms with Crippen molar-refractivity contribution in [2.75, 3.05) is 13.7 Å². The van der Waals surface area contributed by atoms with Crippen LogP contribution in [0.1, 0.15) is 18.9 Å². The van der Waals surface area contributed by atoms with Gasteiger partial charge in [-0.25, -0.2) is 0 Å². The molecule has 0 saturated heterocycles. The van der Waals surface area contributed by atoms with E-state index in [2.05, 4.69) is 10.5 Å². The number of aromatic hydroxyl groups is 1. The number of carbonyl (C=O) groups excluding carboxylic acids is 1. The molecule has 2 unspecified atom stereocenters. The number of hydrogen-bond donors (Lipinski definition) is 2. The molecule has 20 heavy (non-hydrogen) atoms. The maximum absolute atomic E-state index is 12.0. The highest BCUT2D eigenvalue weighted by molar-refractivity contribution is 6.05. The summed E-state index contributed by atoms with van der Waals surface area (Å²) in [6, 6.07) is 6.75. The molecule has 2 rings (SSSR count). The Balaban J connectivity index is 1.95. The maximum atomic E-state index is 12.0. The second-order valence-corrected chi connectivity index (χ2v) is 4.72. The minimum Gasteiger partial charge on any atom is -0.507 e. The molecule has 1 aliphatic rings. The third-order valence-electron chi connectivity index (χ3n) is 2.98. The zero-order chi connectivity index (χ0) is 14.5. The number of nitrogens with one attached hydrogen (secondary N) is 1. The van der Waals surface area contributed by atoms with Crippen molar-refractivity contribution < 1.29 is 19.5 Å². The van der Waals surface area contributed by atoms with Crippen molar-refractivity contribution in [2.24, 2.45) is 5.16 Å². The summed E-state index contributed by atoms with van der Waals surface area (Å²) in [5.41, 5.74) is 1.16. The largest absolute Gasteiger partial charge is 0.507 e. The molecular weight excluding hydrogens is 260 g/mol. The molecular formula is C14H18N2O4. The van der Waals surface area contributed by atoms with Gasteiger partial charge in [0.15, 0.2) is 0 Å². The first-order valence-electron chi connectivity index (χ1n) is 6.42. The molecule has 6 heteroatoms. The standard InChI is InChI=1S/C14H18N2O4/c1-9(8-19-2)15-14(18)13-7-11(16-20-13)10-5-3-4-6-12(10)17/h3-6,9,13,17H,7-8H2,1-2H3,(H,15,18). The molecule has 1 aliphatic heterocycles. The Hall–Kier alpha value is -2.08. The number of hydrogen-bond acceptors (Lipinski definition) is 5. The van der Waals surface area contributed by atoms with Crippen LogP contribution in [0.5, 0.6) is 5.75 Å². The molecule has 0 aliphatic carbocycles. The number of nitrogens with zero attached hydrogens (tertiary/aromatic N) is 1. The summed E-state index contributed by atoms with van der Waals surface area (Å²) >= 11 is 0. The summed E-state index contributed by atoms with van der Waals surface area (Å²) in [7, 11) is 1.58. The number of carbonyl (C=O) groups is 1. The summed E-state index contributed by atoms with van der Waals surface area (Å²) in [5, 5.41) is 16.4. The van der Waals surface area contributed by atoms with E-state index in [1.54, 1.807) is 31.4 Å². The van der Waals surface area contributed by atoms with Crippen LogP contribution in [0.25, 0.3) is 0 Å². The van der Waals surface area contributed by atoms with Crippen LogP contribution in [0.4, 0.5) is 0 Å². The van der Waals surface area contributed by atoms with Crippen LogP contribution in [0.2, 0.25) is 0 Å². The van der Waals surface area contributed by atoms with E-state index in [1.165, 1.54) is 0 Å². The van der Waals surface area contributed by atoms with E-state index in [9.17, 15) is 9.90 Å². The van der Waals surface area contributed by atoms with Crippen LogP contribution < -0.4 is 5.32 Å². The van der Waals surface area contributed by atoms with E-state index >= 15 is 0 Å². The fourth-order valence-electron chi connectivity index (χ4n) is 2.02. The van der Waals surface area contributed by atoms with Crippen LogP contribution in [-0.4, -0.2) is 42.6 Å². The number of amides is 1. The first-order chi connectivity index (χ1) is 9.61. The Kier molecular flexibility index (Phi) is 4.57. The fourth-order valence-corrected chi connectivity index (χ4v) is 2.02. The second-order valence-electron chi connectivity index (χ2n) is 4.72. The topological polar surface area (TPSA) is 80.2 Å². The van der Waals surface area contributed by atoms with Crippen molar-refractivity contribution in [2.45, 2.75) is 25.5 Å². The van der Waals surface area contributed by atoms with E-state index in [-0.39, 0.29) is 17.7 Å². The van der Waals surface area contributed by atoms with Crippen LogP contribution in [0, 0.1) is 0 Å². The summed E-state index contributed by atoms with van der Waals surface area (Å²) < 4.78 is 4.96. The third kappa shape index (κ3) is 3.27. The number of phenols is 1. The van der Waals surface area contributed by atoms with Crippen LogP contribution >= 0.6 is 0 Å². The summed E-state index contributed by atoms with van der Waals surface area (Å²) in [6.45, 7) is 2.28. The van der Waals surface area contributed by atoms with Gasteiger partial charge in [0.25, 0.3) is 5.91 Å². The van der Waals surface area contributed by atoms with Crippen molar-refractivity contribution in [1.82, 2.24) is 5.32 Å². The summed E-state index contributed by atoms with van der Waals surface area (Å²) in [5.74, 6) is -0.104. The normalized spacial score (nSPS) is 19.1. The van der Waals surface area contributed by atoms with Crippen LogP contribution in [-0.2, 0) is 14.4 Å². The zero-order valence-corrected chi connectivity index (χ0v) is 11.5. The number of para-hydroxylation sites is 1. The predicted molar refractivity (Wildman–Crippen MR) is 73.6 cm³/mol. The lowest BCUT2D eigenvalue weighted by molar-refractivity contribution is -0.132. The Bertz CT molecular complexity index is 516. The molecule has 1 heterocycles. The molecule has 0 fully saturated rings. The SMILES string of the molecule is COCC(C)NC(=O)C1CC(c2ccccc2O)=NO1. The van der Waals surface area contributed by atoms with E-state index < -0.39 is 6.10 Å². The number of phenolic OH excluding ortho intramolecular Hbond substituents is 1. The van der Waals surface area contributed by atoms with Gasteiger partial charge in [-0.2, -0.15) is 0 Å². The van der Waals surface area contributed by atoms with Gasteiger partial charge in [0, 0.05) is 25.1 Å². The Labute approximate surface area is 117 Å². The van der Waals surface area contributed by atoms with E-state index in [0.29, 0.717) is 24.3 Å². The molecule has 0 saturated carbocycles. The van der Waals surface area contributed by atoms with E-state index in [1.807, 2.05) is 6.92 Å². The number of ether oxygens (including phenoxy) is 1. The molecule has 108 valence electrons. The Morgan fingerprint density at radius 3 is 3.05 bits per heavy atom. The fraction of sp³-hybridized carbons (Fsp3) is 0.429. The third-order valence-corrected chi connectivity index (χ3v) is 2.98. The van der Waals surface area contributed by atoms with E-state index in [0.717, 1.165) is 0 Å². The van der Waals surface area contributed by atoms with Crippen LogP contribution in [0.3, 0.4) is 0 Å². The molecule has 1 aromatic rings. The molecule has 0 aromatic heterocycles. The minimum absolute atomic E-state index is 0.0923. The molecule has 1 amide bonds. The molecule has 1 aromatic carbocycles. The molecule has 6 nitrogen and oxygen atoms in total. The monoisotopic (exact) mass is 278 g/mol. The average Bonchev–Trinajstić information content (AvgIpc) is 2.89. The molecule has 0 spiro atoms. The number of oxime groups is 1. The lowest BCUT2D eigenvalue weighted by Crippen LogP contribution is -2.42. The van der Waals surface area contributed by atoms with Gasteiger partial charge in [0.05, 0.1) is 12.3 Å². The van der Waals surface area contributed by atoms with Crippen molar-refractivity contribution in [3.8, 4) is 5.75 Å². The first kappa shape index (κ1) is 14.3. The number of rotatable bonds is 5. The van der Waals surface area contributed by atoms with Crippen molar-refractivity contribution in [1.29, 1.82) is 0 Å². The highest BCUT2D eigenvalue weighted by atomic mass is 16.6. The van der Waals surface area contributed by atoms with Crippen molar-refractivity contribution in [3.05, 3.63) is 29.8 Å². The first-order valence-corrected chi connectivity index (χ1v) is 6.42. The van der Waals surface area contributed by atoms with Crippen molar-refractivity contribution in [3.63, 3.8) is 0 Å². The van der Waals surface area contributed by atoms with Gasteiger partial charge in [-0.1, -0.05) is 17.3 Å². The van der Waals surface area contributed by atoms with Crippen molar-refractivity contribution >= 4 is 11.6 Å². The molecule has 2 N–H and O–H groups in total. The lowest BCUT2D eigenvalue weighted by Gasteiger charge is -2.15. The van der Waals surface area contributed by atoms with Gasteiger partial charge in [-0.15, -0.1) is 0 Å². The number of benzene rings is 1. The smallest absolute Gasteiger partial charge is 0.264 e. The molecule has 2 atom stereocenters. The average molecular weight is 278 g/mol. The maximum Gasteiger partial charge on any atom is 0.264 e. The van der Waals surface area contributed by atoms with Gasteiger partial charge < -0.3 is 20.0 Å². The highest BCUT2D eigenvalue weighted by Gasteiger charge is 2.30. The van der Waals surface area contributed by atoms with Gasteiger partial charge in [-0.05, 0) is 19.1 Å². The van der Waals surface area contributed by atoms with Gasteiger partial charge in [0.1, 0.15) is 5.75 Å². The van der Waals surface area contributed by atoms with Gasteiger partial charge >= 0.3 is 0 Å². The predicted octanol–water partition coefficient (Wildman–Crippen LogP) is 1.04. The zero-order valence-electron chi connectivity index (χ0n) is 11.5. The van der Waals surface area contributed by atoms with E-state index in [4.69, 9.17) is 9.57 Å². The van der Waals surface area contributed by atoms with Gasteiger partial charge in [-0.3, -0.25) is 4.79 Å². The Morgan fingerprint density at radius 2 is 2.35 bits per heavy atom. The quantitative estimate of drug-likeness (QED) is 0.843. The molecule has 0 radical (unpaired) electrons. The lowest BCUT2D eigenvalue weighted by atomic mass is 10.0. The Morgan fingerprint density at radius 1 is 1.60 bits per heavy atom. The summed E-state index contributed by atoms with van der Waals surface area (Å²) in [4.78, 5) is 17.1. The number of methoxy groups -OCH3 is 1. The molecule has 0 bridgehead atoms. The van der Waals surface area contributed by atoms with Gasteiger partial charge in [0.2, 0.25) is 6.10 Å². The van der Waals surface area contributed by atoms with Crippen LogP contribution in [0.15, 0.2) is 29.4 Å².